The van der Waals surface area contributed by atoms with Crippen molar-refractivity contribution in [1.82, 2.24) is 0 Å². The van der Waals surface area contributed by atoms with Gasteiger partial charge in [0.1, 0.15) is 0 Å². The summed E-state index contributed by atoms with van der Waals surface area (Å²) in [6, 6.07) is 0. The molecule has 6 heteroatoms. The van der Waals surface area contributed by atoms with Crippen LogP contribution in [0.5, 0.6) is 0 Å². The third kappa shape index (κ3) is 9.14. The fourth-order valence-corrected chi connectivity index (χ4v) is 7.80. The van der Waals surface area contributed by atoms with Crippen molar-refractivity contribution in [1.29, 1.82) is 0 Å². The van der Waals surface area contributed by atoms with Crippen LogP contribution in [-0.2, 0) is 13.3 Å². The number of hydrogen-bond acceptors (Lipinski definition) is 3. The Labute approximate surface area is 177 Å². The summed E-state index contributed by atoms with van der Waals surface area (Å²) in [5, 5.41) is 0. The van der Waals surface area contributed by atoms with E-state index in [1.807, 2.05) is 0 Å². The fourth-order valence-electron chi connectivity index (χ4n) is 4.21. The van der Waals surface area contributed by atoms with Gasteiger partial charge in [0.05, 0.1) is 19.6 Å². The van der Waals surface area contributed by atoms with Crippen LogP contribution < -0.4 is 12.4 Å². The summed E-state index contributed by atoms with van der Waals surface area (Å²) in [5.74, 6) is 0. The molecule has 27 heavy (non-hydrogen) atoms. The summed E-state index contributed by atoms with van der Waals surface area (Å²) in [6.45, 7) is 21.1. The molecule has 0 aromatic heterocycles. The highest BCUT2D eigenvalue weighted by Crippen LogP contribution is 2.31. The van der Waals surface area contributed by atoms with Crippen LogP contribution >= 0.6 is 0 Å². The van der Waals surface area contributed by atoms with E-state index < -0.39 is 8.80 Å². The average molecular weight is 426 g/mol. The minimum absolute atomic E-state index is 0. The van der Waals surface area contributed by atoms with Crippen molar-refractivity contribution in [3.05, 3.63) is 0 Å². The summed E-state index contributed by atoms with van der Waals surface area (Å²) < 4.78 is 20.3. The molecular weight excluding hydrogens is 378 g/mol. The number of rotatable bonds is 18. The molecule has 1 atom stereocenters. The molecule has 0 saturated carbocycles. The van der Waals surface area contributed by atoms with Crippen molar-refractivity contribution in [3.8, 4) is 0 Å². The van der Waals surface area contributed by atoms with Crippen molar-refractivity contribution in [2.75, 3.05) is 39.5 Å². The maximum absolute atomic E-state index is 6.39. The van der Waals surface area contributed by atoms with Crippen molar-refractivity contribution in [2.45, 2.75) is 99.1 Å². The molecule has 0 aliphatic heterocycles. The summed E-state index contributed by atoms with van der Waals surface area (Å²) in [5.41, 5.74) is 0.340. The first-order valence-corrected chi connectivity index (χ1v) is 13.1. The first-order chi connectivity index (χ1) is 12.6. The van der Waals surface area contributed by atoms with Crippen LogP contribution in [-0.4, -0.2) is 58.4 Å². The third-order valence-electron chi connectivity index (χ3n) is 5.36. The Kier molecular flexibility index (Phi) is 18.9. The lowest BCUT2D eigenvalue weighted by molar-refractivity contribution is -0.943. The second-order valence-corrected chi connectivity index (χ2v) is 10.0. The standard InChI is InChI=1S/C21H48NO3Si.ClH/c1-8-15-18-22(19-16-9-2,20-17-10-3)21(11-4)26(23-12-5,24-13-6)25-14-7;/h21H,8-20H2,1-7H3;1H/q+1;/p-1. The van der Waals surface area contributed by atoms with Gasteiger partial charge in [0.2, 0.25) is 0 Å². The molecular formula is C21H48ClNO3Si. The Balaban J connectivity index is 0. The molecule has 0 aliphatic carbocycles. The van der Waals surface area contributed by atoms with E-state index in [-0.39, 0.29) is 12.4 Å². The van der Waals surface area contributed by atoms with E-state index in [1.165, 1.54) is 58.2 Å². The normalized spacial score (nSPS) is 13.4. The predicted octanol–water partition coefficient (Wildman–Crippen LogP) is 2.57. The van der Waals surface area contributed by atoms with E-state index in [0.717, 1.165) is 10.9 Å². The molecule has 166 valence electrons. The maximum atomic E-state index is 6.39. The minimum Gasteiger partial charge on any atom is -1.00 e. The summed E-state index contributed by atoms with van der Waals surface area (Å²) >= 11 is 0. The lowest BCUT2D eigenvalue weighted by atomic mass is 10.1. The van der Waals surface area contributed by atoms with Gasteiger partial charge < -0.3 is 30.2 Å². The lowest BCUT2D eigenvalue weighted by Gasteiger charge is -2.49. The zero-order chi connectivity index (χ0) is 19.9. The molecule has 0 aromatic rings. The van der Waals surface area contributed by atoms with Crippen LogP contribution in [0.4, 0.5) is 0 Å². The molecule has 0 saturated heterocycles. The Morgan fingerprint density at radius 1 is 0.630 bits per heavy atom. The number of nitrogens with zero attached hydrogens (tertiary/aromatic N) is 1. The van der Waals surface area contributed by atoms with E-state index in [2.05, 4.69) is 48.5 Å². The van der Waals surface area contributed by atoms with Crippen LogP contribution in [0.1, 0.15) is 93.4 Å². The highest BCUT2D eigenvalue weighted by Gasteiger charge is 2.58. The second-order valence-electron chi connectivity index (χ2n) is 7.28. The van der Waals surface area contributed by atoms with Crippen molar-refractivity contribution in [3.63, 3.8) is 0 Å². The summed E-state index contributed by atoms with van der Waals surface area (Å²) in [6.07, 6.45) is 8.56. The Hall–Kier alpha value is 0.347. The number of quaternary nitrogens is 1. The van der Waals surface area contributed by atoms with E-state index in [1.54, 1.807) is 0 Å². The molecule has 0 aromatic carbocycles. The SMILES string of the molecule is CCCC[N+](CCCC)(CCCC)C(CC)[Si](OCC)(OCC)OCC.[Cl-]. The van der Waals surface area contributed by atoms with E-state index in [0.29, 0.717) is 25.5 Å². The van der Waals surface area contributed by atoms with Gasteiger partial charge in [-0.2, -0.15) is 0 Å². The number of hydrogen-bond donors (Lipinski definition) is 0. The van der Waals surface area contributed by atoms with Crippen LogP contribution in [0.25, 0.3) is 0 Å². The number of halogens is 1. The van der Waals surface area contributed by atoms with Gasteiger partial charge in [0.15, 0.2) is 5.67 Å². The highest BCUT2D eigenvalue weighted by atomic mass is 35.5. The first-order valence-electron chi connectivity index (χ1n) is 11.3. The molecule has 0 bridgehead atoms. The first kappa shape index (κ1) is 29.5. The predicted molar refractivity (Wildman–Crippen MR) is 114 cm³/mol. The zero-order valence-electron chi connectivity index (χ0n) is 19.3. The minimum atomic E-state index is -2.74. The van der Waals surface area contributed by atoms with Gasteiger partial charge in [0.25, 0.3) is 0 Å². The summed E-state index contributed by atoms with van der Waals surface area (Å²) in [4.78, 5) is 0. The van der Waals surface area contributed by atoms with Crippen molar-refractivity contribution >= 4 is 8.80 Å². The molecule has 4 nitrogen and oxygen atoms in total. The molecule has 0 amide bonds. The largest absolute Gasteiger partial charge is 1.00 e. The number of unbranched alkanes of at least 4 members (excludes halogenated alkanes) is 3. The Morgan fingerprint density at radius 3 is 1.19 bits per heavy atom. The van der Waals surface area contributed by atoms with Gasteiger partial charge in [-0.05, 0) is 40.0 Å². The van der Waals surface area contributed by atoms with Gasteiger partial charge in [-0.15, -0.1) is 0 Å². The molecule has 0 fully saturated rings. The van der Waals surface area contributed by atoms with Gasteiger partial charge in [-0.25, -0.2) is 0 Å². The molecule has 1 unspecified atom stereocenters. The van der Waals surface area contributed by atoms with Crippen LogP contribution in [0.15, 0.2) is 0 Å². The Morgan fingerprint density at radius 2 is 0.963 bits per heavy atom. The lowest BCUT2D eigenvalue weighted by Crippen LogP contribution is -3.00. The van der Waals surface area contributed by atoms with Crippen LogP contribution in [0.3, 0.4) is 0 Å². The van der Waals surface area contributed by atoms with E-state index >= 15 is 0 Å². The molecule has 0 heterocycles. The third-order valence-corrected chi connectivity index (χ3v) is 9.21. The van der Waals surface area contributed by atoms with Crippen molar-refractivity contribution in [2.24, 2.45) is 0 Å². The zero-order valence-corrected chi connectivity index (χ0v) is 21.1. The van der Waals surface area contributed by atoms with Gasteiger partial charge in [-0.3, -0.25) is 0 Å². The highest BCUT2D eigenvalue weighted by molar-refractivity contribution is 6.62. The van der Waals surface area contributed by atoms with Crippen molar-refractivity contribution < 1.29 is 30.2 Å². The van der Waals surface area contributed by atoms with Gasteiger partial charge in [0, 0.05) is 26.2 Å². The van der Waals surface area contributed by atoms with Gasteiger partial charge >= 0.3 is 8.80 Å². The molecule has 0 spiro atoms. The molecule has 0 aliphatic rings. The molecule has 0 rings (SSSR count). The second kappa shape index (κ2) is 17.2. The summed E-state index contributed by atoms with van der Waals surface area (Å²) in [7, 11) is -2.74. The fraction of sp³-hybridized carbons (Fsp3) is 1.00. The molecule has 0 N–H and O–H groups in total. The Bertz CT molecular complexity index is 296. The van der Waals surface area contributed by atoms with Crippen LogP contribution in [0, 0.1) is 0 Å². The van der Waals surface area contributed by atoms with Gasteiger partial charge in [-0.1, -0.05) is 47.0 Å². The molecule has 0 radical (unpaired) electrons. The quantitative estimate of drug-likeness (QED) is 0.249. The van der Waals surface area contributed by atoms with E-state index in [4.69, 9.17) is 13.3 Å². The van der Waals surface area contributed by atoms with Crippen LogP contribution in [0.2, 0.25) is 0 Å². The topological polar surface area (TPSA) is 27.7 Å². The monoisotopic (exact) mass is 425 g/mol. The maximum Gasteiger partial charge on any atom is 0.562 e. The average Bonchev–Trinajstić information content (AvgIpc) is 2.63. The smallest absolute Gasteiger partial charge is 0.562 e. The van der Waals surface area contributed by atoms with E-state index in [9.17, 15) is 0 Å².